The summed E-state index contributed by atoms with van der Waals surface area (Å²) in [6.07, 6.45) is 3.63. The lowest BCUT2D eigenvalue weighted by Crippen LogP contribution is -2.37. The largest absolute Gasteiger partial charge is 0.397 e. The molecule has 0 bridgehead atoms. The number of aromatic nitrogens is 5. The molecule has 3 heterocycles. The highest BCUT2D eigenvalue weighted by atomic mass is 32.1. The van der Waals surface area contributed by atoms with E-state index in [-0.39, 0.29) is 29.4 Å². The predicted octanol–water partition coefficient (Wildman–Crippen LogP) is 5.11. The summed E-state index contributed by atoms with van der Waals surface area (Å²) in [5.74, 6) is 0.391. The van der Waals surface area contributed by atoms with Gasteiger partial charge in [-0.1, -0.05) is 67.9 Å². The Morgan fingerprint density at radius 2 is 1.85 bits per heavy atom. The maximum Gasteiger partial charge on any atom is 0.277 e. The van der Waals surface area contributed by atoms with Crippen LogP contribution in [0.3, 0.4) is 0 Å². The summed E-state index contributed by atoms with van der Waals surface area (Å²) < 4.78 is 1.61. The van der Waals surface area contributed by atoms with E-state index in [2.05, 4.69) is 20.6 Å². The van der Waals surface area contributed by atoms with Crippen molar-refractivity contribution < 1.29 is 4.79 Å². The number of carbonyl (C=O) groups is 1. The van der Waals surface area contributed by atoms with Gasteiger partial charge in [0.15, 0.2) is 0 Å². The number of pyridine rings is 1. The van der Waals surface area contributed by atoms with Crippen molar-refractivity contribution in [3.05, 3.63) is 99.1 Å². The fourth-order valence-electron chi connectivity index (χ4n) is 4.48. The predicted molar refractivity (Wildman–Crippen MR) is 154 cm³/mol. The number of hydrogen-bond acceptors (Lipinski definition) is 7. The fourth-order valence-corrected chi connectivity index (χ4v) is 5.18. The molecule has 1 amide bonds. The van der Waals surface area contributed by atoms with Crippen molar-refractivity contribution in [3.8, 4) is 22.5 Å². The third kappa shape index (κ3) is 5.80. The van der Waals surface area contributed by atoms with Crippen LogP contribution in [0, 0.1) is 0 Å². The van der Waals surface area contributed by atoms with Gasteiger partial charge in [0.2, 0.25) is 11.7 Å². The van der Waals surface area contributed by atoms with Crippen molar-refractivity contribution in [2.45, 2.75) is 39.3 Å². The second-order valence-electron chi connectivity index (χ2n) is 9.19. The van der Waals surface area contributed by atoms with E-state index in [9.17, 15) is 9.59 Å². The first-order chi connectivity index (χ1) is 19.0. The molecule has 39 heavy (non-hydrogen) atoms. The van der Waals surface area contributed by atoms with Crippen molar-refractivity contribution >= 4 is 28.6 Å². The molecule has 5 aromatic rings. The molecule has 0 aliphatic rings. The van der Waals surface area contributed by atoms with Gasteiger partial charge in [-0.3, -0.25) is 9.59 Å². The zero-order valence-electron chi connectivity index (χ0n) is 21.6. The summed E-state index contributed by atoms with van der Waals surface area (Å²) in [6, 6.07) is 21.4. The number of anilines is 2. The van der Waals surface area contributed by atoms with Crippen LogP contribution in [0.4, 0.5) is 11.4 Å². The van der Waals surface area contributed by atoms with Crippen LogP contribution in [-0.2, 0) is 17.9 Å². The second kappa shape index (κ2) is 11.9. The fraction of sp³-hybridized carbons (Fsp3) is 0.207. The number of unbranched alkanes of at least 4 members (excludes halogenated alkanes) is 1. The lowest BCUT2D eigenvalue weighted by atomic mass is 9.98. The van der Waals surface area contributed by atoms with E-state index in [1.807, 2.05) is 73.0 Å². The molecular weight excluding hydrogens is 510 g/mol. The van der Waals surface area contributed by atoms with Crippen LogP contribution in [-0.4, -0.2) is 31.1 Å². The SMILES string of the molecule is CCCCC(=O)N(Cc1ccc(-c2ccccc2-c2nn[nH]n2)cc1)c1c(N)ccn(Cc2cccs2)c1=O. The van der Waals surface area contributed by atoms with Crippen LogP contribution in [0.1, 0.15) is 36.6 Å². The average Bonchev–Trinajstić information content (AvgIpc) is 3.68. The summed E-state index contributed by atoms with van der Waals surface area (Å²) in [5.41, 5.74) is 10.2. The van der Waals surface area contributed by atoms with Crippen LogP contribution in [0.15, 0.2) is 83.1 Å². The Labute approximate surface area is 229 Å². The molecule has 5 rings (SSSR count). The van der Waals surface area contributed by atoms with Crippen LogP contribution in [0.5, 0.6) is 0 Å². The highest BCUT2D eigenvalue weighted by Gasteiger charge is 2.23. The molecule has 3 aromatic heterocycles. The Morgan fingerprint density at radius 3 is 2.54 bits per heavy atom. The molecule has 0 atom stereocenters. The Hall–Kier alpha value is -4.57. The van der Waals surface area contributed by atoms with Gasteiger partial charge in [-0.25, -0.2) is 0 Å². The lowest BCUT2D eigenvalue weighted by Gasteiger charge is -2.25. The van der Waals surface area contributed by atoms with E-state index in [4.69, 9.17) is 5.73 Å². The van der Waals surface area contributed by atoms with Crippen LogP contribution < -0.4 is 16.2 Å². The van der Waals surface area contributed by atoms with Gasteiger partial charge in [0.05, 0.1) is 18.8 Å². The van der Waals surface area contributed by atoms with Gasteiger partial charge in [0.25, 0.3) is 5.56 Å². The van der Waals surface area contributed by atoms with E-state index in [1.165, 1.54) is 0 Å². The number of carbonyl (C=O) groups excluding carboxylic acids is 1. The maximum absolute atomic E-state index is 13.6. The van der Waals surface area contributed by atoms with Gasteiger partial charge in [-0.2, -0.15) is 5.21 Å². The molecule has 0 saturated carbocycles. The van der Waals surface area contributed by atoms with Crippen LogP contribution in [0.25, 0.3) is 22.5 Å². The quantitative estimate of drug-likeness (QED) is 0.254. The van der Waals surface area contributed by atoms with Gasteiger partial charge in [0, 0.05) is 23.1 Å². The number of rotatable bonds is 10. The van der Waals surface area contributed by atoms with E-state index in [1.54, 1.807) is 33.1 Å². The molecule has 0 aliphatic carbocycles. The second-order valence-corrected chi connectivity index (χ2v) is 10.2. The molecule has 0 saturated heterocycles. The molecule has 0 radical (unpaired) electrons. The number of aromatic amines is 1. The summed E-state index contributed by atoms with van der Waals surface area (Å²) >= 11 is 1.58. The normalized spacial score (nSPS) is 11.0. The van der Waals surface area contributed by atoms with Gasteiger partial charge >= 0.3 is 0 Å². The minimum atomic E-state index is -0.279. The van der Waals surface area contributed by atoms with Gasteiger partial charge in [-0.05, 0) is 45.8 Å². The van der Waals surface area contributed by atoms with Crippen LogP contribution in [0.2, 0.25) is 0 Å². The first kappa shape index (κ1) is 26.1. The Kier molecular flexibility index (Phi) is 7.93. The number of amides is 1. The number of thiophene rings is 1. The van der Waals surface area contributed by atoms with Gasteiger partial charge in [0.1, 0.15) is 5.69 Å². The molecule has 0 aliphatic heterocycles. The first-order valence-corrected chi connectivity index (χ1v) is 13.7. The minimum absolute atomic E-state index is 0.124. The van der Waals surface area contributed by atoms with E-state index in [0.717, 1.165) is 40.0 Å². The molecule has 9 nitrogen and oxygen atoms in total. The zero-order valence-corrected chi connectivity index (χ0v) is 22.4. The van der Waals surface area contributed by atoms with Gasteiger partial charge < -0.3 is 15.2 Å². The van der Waals surface area contributed by atoms with E-state index >= 15 is 0 Å². The Bertz CT molecular complexity index is 1590. The van der Waals surface area contributed by atoms with Crippen molar-refractivity contribution in [1.29, 1.82) is 0 Å². The number of benzene rings is 2. The molecule has 0 spiro atoms. The number of nitrogens with zero attached hydrogens (tertiary/aromatic N) is 5. The van der Waals surface area contributed by atoms with E-state index in [0.29, 0.717) is 18.8 Å². The number of tetrazole rings is 1. The molecule has 3 N–H and O–H groups in total. The van der Waals surface area contributed by atoms with Crippen molar-refractivity contribution in [1.82, 2.24) is 25.2 Å². The topological polar surface area (TPSA) is 123 Å². The number of nitrogens with one attached hydrogen (secondary N) is 1. The highest BCUT2D eigenvalue weighted by Crippen LogP contribution is 2.30. The molecule has 0 fully saturated rings. The lowest BCUT2D eigenvalue weighted by molar-refractivity contribution is -0.118. The summed E-state index contributed by atoms with van der Waals surface area (Å²) in [7, 11) is 0. The minimum Gasteiger partial charge on any atom is -0.397 e. The van der Waals surface area contributed by atoms with Crippen molar-refractivity contribution in [3.63, 3.8) is 0 Å². The Morgan fingerprint density at radius 1 is 1.05 bits per heavy atom. The molecular formula is C29H29N7O2S. The molecule has 0 unspecified atom stereocenters. The number of nitrogen functional groups attached to an aromatic ring is 1. The maximum atomic E-state index is 13.6. The Balaban J connectivity index is 1.47. The third-order valence-corrected chi connectivity index (χ3v) is 7.37. The monoisotopic (exact) mass is 539 g/mol. The van der Waals surface area contributed by atoms with Crippen LogP contribution >= 0.6 is 11.3 Å². The summed E-state index contributed by atoms with van der Waals surface area (Å²) in [6.45, 7) is 2.70. The van der Waals surface area contributed by atoms with E-state index < -0.39 is 0 Å². The number of nitrogens with two attached hydrogens (primary N) is 1. The highest BCUT2D eigenvalue weighted by molar-refractivity contribution is 7.09. The summed E-state index contributed by atoms with van der Waals surface area (Å²) in [4.78, 5) is 29.6. The third-order valence-electron chi connectivity index (χ3n) is 6.51. The number of H-pyrrole nitrogens is 1. The first-order valence-electron chi connectivity index (χ1n) is 12.8. The van der Waals surface area contributed by atoms with Crippen molar-refractivity contribution in [2.75, 3.05) is 10.6 Å². The zero-order chi connectivity index (χ0) is 27.2. The average molecular weight is 540 g/mol. The smallest absolute Gasteiger partial charge is 0.277 e. The van der Waals surface area contributed by atoms with Crippen molar-refractivity contribution in [2.24, 2.45) is 0 Å². The number of hydrogen-bond donors (Lipinski definition) is 2. The summed E-state index contributed by atoms with van der Waals surface area (Å²) in [5, 5.41) is 16.4. The standard InChI is InChI=1S/C29H29N7O2S/c1-2-3-10-26(37)36(27-25(30)15-16-35(29(27)38)19-22-7-6-17-39-22)18-20-11-13-21(14-12-20)23-8-4-5-9-24(23)28-31-33-34-32-28/h4-9,11-17H,2-3,10,18-19,30H2,1H3,(H,31,32,33,34). The molecule has 2 aromatic carbocycles. The molecule has 198 valence electrons. The molecule has 10 heteroatoms. The van der Waals surface area contributed by atoms with Gasteiger partial charge in [-0.15, -0.1) is 21.5 Å².